The van der Waals surface area contributed by atoms with E-state index in [9.17, 15) is 4.79 Å². The molecule has 2 fully saturated rings. The quantitative estimate of drug-likeness (QED) is 0.832. The lowest BCUT2D eigenvalue weighted by molar-refractivity contribution is -0.132. The first-order chi connectivity index (χ1) is 9.69. The molecule has 0 aromatic carbocycles. The van der Waals surface area contributed by atoms with Crippen LogP contribution in [0.25, 0.3) is 0 Å². The number of carbonyl (C=O) groups is 1. The Bertz CT molecular complexity index is 478. The Hall–Kier alpha value is -1.29. The van der Waals surface area contributed by atoms with E-state index < -0.39 is 0 Å². The fourth-order valence-electron chi connectivity index (χ4n) is 2.83. The van der Waals surface area contributed by atoms with Crippen LogP contribution in [0.5, 0.6) is 0 Å². The van der Waals surface area contributed by atoms with Crippen LogP contribution in [0.15, 0.2) is 16.5 Å². The lowest BCUT2D eigenvalue weighted by Crippen LogP contribution is -2.35. The SMILES string of the molecule is CC1CC1c1ccc(CCC(=O)N(CCO)C2CC2)o1. The van der Waals surface area contributed by atoms with Crippen molar-refractivity contribution in [2.75, 3.05) is 13.2 Å². The Labute approximate surface area is 119 Å². The predicted molar refractivity (Wildman–Crippen MR) is 75.4 cm³/mol. The van der Waals surface area contributed by atoms with Crippen LogP contribution in [-0.2, 0) is 11.2 Å². The van der Waals surface area contributed by atoms with Gasteiger partial charge in [-0.25, -0.2) is 0 Å². The van der Waals surface area contributed by atoms with E-state index in [1.807, 2.05) is 11.0 Å². The second-order valence-electron chi connectivity index (χ2n) is 6.17. The summed E-state index contributed by atoms with van der Waals surface area (Å²) in [6.07, 6.45) is 4.52. The van der Waals surface area contributed by atoms with Crippen LogP contribution in [0.4, 0.5) is 0 Å². The molecule has 1 heterocycles. The molecule has 2 aliphatic carbocycles. The number of carbonyl (C=O) groups excluding carboxylic acids is 1. The summed E-state index contributed by atoms with van der Waals surface area (Å²) in [5, 5.41) is 9.03. The summed E-state index contributed by atoms with van der Waals surface area (Å²) >= 11 is 0. The minimum absolute atomic E-state index is 0.0483. The summed E-state index contributed by atoms with van der Waals surface area (Å²) in [7, 11) is 0. The van der Waals surface area contributed by atoms with Crippen LogP contribution >= 0.6 is 0 Å². The van der Waals surface area contributed by atoms with E-state index in [0.29, 0.717) is 31.3 Å². The van der Waals surface area contributed by atoms with Gasteiger partial charge in [-0.15, -0.1) is 0 Å². The molecule has 2 aliphatic rings. The van der Waals surface area contributed by atoms with E-state index in [4.69, 9.17) is 9.52 Å². The second kappa shape index (κ2) is 5.60. The lowest BCUT2D eigenvalue weighted by atomic mass is 10.2. The van der Waals surface area contributed by atoms with E-state index in [2.05, 4.69) is 13.0 Å². The molecule has 20 heavy (non-hydrogen) atoms. The predicted octanol–water partition coefficient (Wildman–Crippen LogP) is 2.32. The van der Waals surface area contributed by atoms with Crippen molar-refractivity contribution in [1.29, 1.82) is 0 Å². The first kappa shape index (κ1) is 13.7. The number of aryl methyl sites for hydroxylation is 1. The van der Waals surface area contributed by atoms with Gasteiger partial charge in [-0.05, 0) is 37.3 Å². The molecular weight excluding hydrogens is 254 g/mol. The van der Waals surface area contributed by atoms with Gasteiger partial charge in [0, 0.05) is 31.3 Å². The van der Waals surface area contributed by atoms with Crippen molar-refractivity contribution < 1.29 is 14.3 Å². The van der Waals surface area contributed by atoms with Crippen LogP contribution in [0.3, 0.4) is 0 Å². The molecule has 3 rings (SSSR count). The van der Waals surface area contributed by atoms with E-state index in [-0.39, 0.29) is 12.5 Å². The van der Waals surface area contributed by atoms with Gasteiger partial charge in [-0.3, -0.25) is 4.79 Å². The van der Waals surface area contributed by atoms with Gasteiger partial charge in [0.25, 0.3) is 0 Å². The Balaban J connectivity index is 1.50. The monoisotopic (exact) mass is 277 g/mol. The number of rotatable bonds is 7. The zero-order chi connectivity index (χ0) is 14.1. The summed E-state index contributed by atoms with van der Waals surface area (Å²) in [5.41, 5.74) is 0. The molecule has 4 heteroatoms. The number of nitrogens with zero attached hydrogens (tertiary/aromatic N) is 1. The van der Waals surface area contributed by atoms with Crippen molar-refractivity contribution in [2.24, 2.45) is 5.92 Å². The maximum Gasteiger partial charge on any atom is 0.223 e. The fraction of sp³-hybridized carbons (Fsp3) is 0.688. The number of amides is 1. The Morgan fingerprint density at radius 2 is 2.20 bits per heavy atom. The molecule has 1 N–H and O–H groups in total. The zero-order valence-electron chi connectivity index (χ0n) is 12.0. The molecule has 0 aliphatic heterocycles. The van der Waals surface area contributed by atoms with Crippen molar-refractivity contribution in [1.82, 2.24) is 4.90 Å². The van der Waals surface area contributed by atoms with E-state index in [1.165, 1.54) is 6.42 Å². The largest absolute Gasteiger partial charge is 0.466 e. The van der Waals surface area contributed by atoms with Crippen LogP contribution in [0, 0.1) is 5.92 Å². The maximum atomic E-state index is 12.2. The van der Waals surface area contributed by atoms with Gasteiger partial charge in [0.05, 0.1) is 6.61 Å². The first-order valence-corrected chi connectivity index (χ1v) is 7.68. The van der Waals surface area contributed by atoms with Gasteiger partial charge in [0.2, 0.25) is 5.91 Å². The van der Waals surface area contributed by atoms with Crippen molar-refractivity contribution in [3.63, 3.8) is 0 Å². The minimum Gasteiger partial charge on any atom is -0.466 e. The number of aliphatic hydroxyl groups is 1. The van der Waals surface area contributed by atoms with Crippen molar-refractivity contribution >= 4 is 5.91 Å². The van der Waals surface area contributed by atoms with Crippen molar-refractivity contribution in [3.05, 3.63) is 23.7 Å². The van der Waals surface area contributed by atoms with Gasteiger partial charge in [-0.1, -0.05) is 6.92 Å². The topological polar surface area (TPSA) is 53.7 Å². The average molecular weight is 277 g/mol. The zero-order valence-corrected chi connectivity index (χ0v) is 12.0. The summed E-state index contributed by atoms with van der Waals surface area (Å²) in [4.78, 5) is 14.0. The molecule has 1 amide bonds. The molecule has 2 atom stereocenters. The molecular formula is C16H23NO3. The number of furan rings is 1. The molecule has 0 saturated heterocycles. The van der Waals surface area contributed by atoms with Gasteiger partial charge in [0.15, 0.2) is 0 Å². The van der Waals surface area contributed by atoms with E-state index in [1.54, 1.807) is 0 Å². The number of hydrogen-bond acceptors (Lipinski definition) is 3. The third-order valence-electron chi connectivity index (χ3n) is 4.39. The Morgan fingerprint density at radius 3 is 2.80 bits per heavy atom. The molecule has 1 aromatic rings. The maximum absolute atomic E-state index is 12.2. The molecule has 2 unspecified atom stereocenters. The van der Waals surface area contributed by atoms with Crippen LogP contribution in [-0.4, -0.2) is 35.1 Å². The third kappa shape index (κ3) is 3.06. The van der Waals surface area contributed by atoms with Crippen molar-refractivity contribution in [3.8, 4) is 0 Å². The molecule has 2 saturated carbocycles. The van der Waals surface area contributed by atoms with Gasteiger partial charge in [-0.2, -0.15) is 0 Å². The number of aliphatic hydroxyl groups excluding tert-OH is 1. The van der Waals surface area contributed by atoms with E-state index >= 15 is 0 Å². The third-order valence-corrected chi connectivity index (χ3v) is 4.39. The highest BCUT2D eigenvalue weighted by molar-refractivity contribution is 5.77. The first-order valence-electron chi connectivity index (χ1n) is 7.68. The lowest BCUT2D eigenvalue weighted by Gasteiger charge is -2.21. The average Bonchev–Trinajstić information content (AvgIpc) is 3.35. The summed E-state index contributed by atoms with van der Waals surface area (Å²) in [6.45, 7) is 2.75. The smallest absolute Gasteiger partial charge is 0.223 e. The summed E-state index contributed by atoms with van der Waals surface area (Å²) < 4.78 is 5.82. The normalized spacial score (nSPS) is 24.7. The number of hydrogen-bond donors (Lipinski definition) is 1. The second-order valence-corrected chi connectivity index (χ2v) is 6.17. The highest BCUT2D eigenvalue weighted by Crippen LogP contribution is 2.47. The van der Waals surface area contributed by atoms with Gasteiger partial charge in [0.1, 0.15) is 11.5 Å². The van der Waals surface area contributed by atoms with Crippen LogP contribution < -0.4 is 0 Å². The molecule has 0 radical (unpaired) electrons. The van der Waals surface area contributed by atoms with Crippen LogP contribution in [0.1, 0.15) is 50.0 Å². The molecule has 0 bridgehead atoms. The summed E-state index contributed by atoms with van der Waals surface area (Å²) in [5.74, 6) is 3.46. The highest BCUT2D eigenvalue weighted by atomic mass is 16.3. The van der Waals surface area contributed by atoms with Gasteiger partial charge >= 0.3 is 0 Å². The molecule has 1 aromatic heterocycles. The minimum atomic E-state index is 0.0483. The van der Waals surface area contributed by atoms with E-state index in [0.717, 1.165) is 30.3 Å². The summed E-state index contributed by atoms with van der Waals surface area (Å²) in [6, 6.07) is 4.43. The highest BCUT2D eigenvalue weighted by Gasteiger charge is 2.36. The molecule has 110 valence electrons. The Morgan fingerprint density at radius 1 is 1.45 bits per heavy atom. The van der Waals surface area contributed by atoms with Crippen LogP contribution in [0.2, 0.25) is 0 Å². The molecule has 4 nitrogen and oxygen atoms in total. The van der Waals surface area contributed by atoms with Crippen molar-refractivity contribution in [2.45, 2.75) is 51.0 Å². The van der Waals surface area contributed by atoms with Gasteiger partial charge < -0.3 is 14.4 Å². The Kier molecular flexibility index (Phi) is 3.83. The fourth-order valence-corrected chi connectivity index (χ4v) is 2.83. The standard InChI is InChI=1S/C16H23NO3/c1-11-10-14(11)15-6-4-13(20-15)5-7-16(19)17(8-9-18)12-2-3-12/h4,6,11-12,14,18H,2-3,5,7-10H2,1H3. The molecule has 0 spiro atoms.